The number of fused-ring (bicyclic) bond motifs is 4. The molecule has 0 aliphatic carbocycles. The topological polar surface area (TPSA) is 55.9 Å². The number of carbonyl (C=O) groups excluding carboxylic acids is 2. The van der Waals surface area contributed by atoms with Crippen LogP contribution in [-0.2, 0) is 11.2 Å². The van der Waals surface area contributed by atoms with Crippen molar-refractivity contribution >= 4 is 17.5 Å². The smallest absolute Gasteiger partial charge is 0.254 e. The molecule has 0 aromatic heterocycles. The third kappa shape index (κ3) is 4.37. The van der Waals surface area contributed by atoms with Gasteiger partial charge < -0.3 is 15.1 Å². The summed E-state index contributed by atoms with van der Waals surface area (Å²) >= 11 is 0. The second kappa shape index (κ2) is 9.98. The van der Waals surface area contributed by atoms with Crippen molar-refractivity contribution in [3.05, 3.63) is 101 Å². The molecule has 0 radical (unpaired) electrons. The molecule has 37 heavy (non-hydrogen) atoms. The summed E-state index contributed by atoms with van der Waals surface area (Å²) in [6, 6.07) is 22.3. The summed E-state index contributed by atoms with van der Waals surface area (Å²) in [5, 5.41) is 3.18. The lowest BCUT2D eigenvalue weighted by Crippen LogP contribution is -2.51. The molecule has 2 amide bonds. The minimum Gasteiger partial charge on any atom is -0.367 e. The zero-order valence-electron chi connectivity index (χ0n) is 20.8. The van der Waals surface area contributed by atoms with Gasteiger partial charge in [0.25, 0.3) is 5.91 Å². The van der Waals surface area contributed by atoms with Crippen LogP contribution in [0.15, 0.2) is 72.8 Å². The molecule has 190 valence electrons. The maximum atomic E-state index is 14.2. The molecule has 3 aliphatic rings. The Hall–Kier alpha value is -3.71. The fourth-order valence-corrected chi connectivity index (χ4v) is 6.13. The van der Waals surface area contributed by atoms with Crippen molar-refractivity contribution in [2.24, 2.45) is 0 Å². The van der Waals surface area contributed by atoms with Crippen LogP contribution >= 0.6 is 0 Å². The fraction of sp³-hybridized carbons (Fsp3) is 0.333. The molecular weight excluding hydrogens is 467 g/mol. The van der Waals surface area contributed by atoms with Crippen molar-refractivity contribution in [2.75, 3.05) is 50.7 Å². The van der Waals surface area contributed by atoms with E-state index in [0.29, 0.717) is 24.3 Å². The number of nitrogens with one attached hydrogen (secondary N) is 1. The lowest BCUT2D eigenvalue weighted by molar-refractivity contribution is -0.124. The predicted octanol–water partition coefficient (Wildman–Crippen LogP) is 3.60. The molecule has 7 heteroatoms. The van der Waals surface area contributed by atoms with E-state index in [1.54, 1.807) is 6.07 Å². The molecule has 6 nitrogen and oxygen atoms in total. The summed E-state index contributed by atoms with van der Waals surface area (Å²) in [5.41, 5.74) is 4.37. The third-order valence-corrected chi connectivity index (χ3v) is 8.01. The highest BCUT2D eigenvalue weighted by Crippen LogP contribution is 2.45. The number of anilines is 1. The molecule has 0 bridgehead atoms. The van der Waals surface area contributed by atoms with E-state index in [1.165, 1.54) is 11.6 Å². The van der Waals surface area contributed by atoms with Gasteiger partial charge in [0.15, 0.2) is 0 Å². The minimum absolute atomic E-state index is 0.00637. The van der Waals surface area contributed by atoms with Gasteiger partial charge >= 0.3 is 0 Å². The number of amides is 2. The molecule has 1 N–H and O–H groups in total. The van der Waals surface area contributed by atoms with Gasteiger partial charge in [-0.2, -0.15) is 0 Å². The Morgan fingerprint density at radius 3 is 2.38 bits per heavy atom. The summed E-state index contributed by atoms with van der Waals surface area (Å²) < 4.78 is 14.2. The van der Waals surface area contributed by atoms with Gasteiger partial charge in [0.1, 0.15) is 5.82 Å². The van der Waals surface area contributed by atoms with Crippen molar-refractivity contribution in [2.45, 2.75) is 18.4 Å². The van der Waals surface area contributed by atoms with Crippen LogP contribution in [-0.4, -0.2) is 67.4 Å². The second-order valence-corrected chi connectivity index (χ2v) is 10.0. The zero-order chi connectivity index (χ0) is 25.4. The number of halogens is 1. The zero-order valence-corrected chi connectivity index (χ0v) is 20.8. The van der Waals surface area contributed by atoms with E-state index in [4.69, 9.17) is 0 Å². The molecule has 3 heterocycles. The molecule has 0 spiro atoms. The first-order valence-corrected chi connectivity index (χ1v) is 13.1. The van der Waals surface area contributed by atoms with Crippen LogP contribution in [0.1, 0.15) is 39.0 Å². The number of rotatable bonds is 5. The van der Waals surface area contributed by atoms with Crippen molar-refractivity contribution in [3.63, 3.8) is 0 Å². The van der Waals surface area contributed by atoms with Gasteiger partial charge in [-0.05, 0) is 41.3 Å². The maximum Gasteiger partial charge on any atom is 0.254 e. The molecule has 0 unspecified atom stereocenters. The number of carbonyl (C=O) groups is 2. The Kier molecular flexibility index (Phi) is 6.38. The lowest BCUT2D eigenvalue weighted by Gasteiger charge is -2.45. The van der Waals surface area contributed by atoms with E-state index < -0.39 is 5.92 Å². The summed E-state index contributed by atoms with van der Waals surface area (Å²) in [7, 11) is 0. The Morgan fingerprint density at radius 2 is 1.57 bits per heavy atom. The number of benzene rings is 3. The van der Waals surface area contributed by atoms with E-state index in [9.17, 15) is 14.0 Å². The predicted molar refractivity (Wildman–Crippen MR) is 141 cm³/mol. The van der Waals surface area contributed by atoms with Crippen molar-refractivity contribution in [1.29, 1.82) is 0 Å². The Labute approximate surface area is 216 Å². The van der Waals surface area contributed by atoms with E-state index >= 15 is 0 Å². The first-order valence-electron chi connectivity index (χ1n) is 13.1. The van der Waals surface area contributed by atoms with Gasteiger partial charge in [-0.3, -0.25) is 14.5 Å². The normalized spacial score (nSPS) is 21.2. The number of hydrogen-bond acceptors (Lipinski definition) is 4. The molecule has 6 rings (SSSR count). The summed E-state index contributed by atoms with van der Waals surface area (Å²) in [4.78, 5) is 33.4. The van der Waals surface area contributed by atoms with Gasteiger partial charge in [-0.15, -0.1) is 0 Å². The van der Waals surface area contributed by atoms with Crippen LogP contribution in [0.2, 0.25) is 0 Å². The summed E-state index contributed by atoms with van der Waals surface area (Å²) in [5.74, 6) is -0.676. The largest absolute Gasteiger partial charge is 0.367 e. The number of para-hydroxylation sites is 1. The van der Waals surface area contributed by atoms with E-state index in [-0.39, 0.29) is 23.7 Å². The Bertz CT molecular complexity index is 1320. The van der Waals surface area contributed by atoms with Crippen molar-refractivity contribution in [1.82, 2.24) is 15.1 Å². The Balaban J connectivity index is 1.14. The SMILES string of the molecule is O=C(NCCN1CCN(c2ccccc2F)CC1)[C@@H]1c2ccccc2C(=O)N2CCc3ccccc3[C@@H]12. The number of nitrogens with zero attached hydrogens (tertiary/aromatic N) is 3. The first kappa shape index (κ1) is 23.7. The average molecular weight is 499 g/mol. The van der Waals surface area contributed by atoms with Gasteiger partial charge in [0.2, 0.25) is 5.91 Å². The summed E-state index contributed by atoms with van der Waals surface area (Å²) in [6.45, 7) is 5.00. The Morgan fingerprint density at radius 1 is 0.865 bits per heavy atom. The first-order chi connectivity index (χ1) is 18.1. The maximum absolute atomic E-state index is 14.2. The van der Waals surface area contributed by atoms with Gasteiger partial charge in [-0.1, -0.05) is 54.6 Å². The highest BCUT2D eigenvalue weighted by molar-refractivity contribution is 6.01. The fourth-order valence-electron chi connectivity index (χ4n) is 6.13. The molecule has 1 fully saturated rings. The van der Waals surface area contributed by atoms with Crippen LogP contribution in [0.25, 0.3) is 0 Å². The molecule has 3 aromatic rings. The van der Waals surface area contributed by atoms with Crippen LogP contribution in [0, 0.1) is 5.82 Å². The van der Waals surface area contributed by atoms with Crippen LogP contribution < -0.4 is 10.2 Å². The number of hydrogen-bond donors (Lipinski definition) is 1. The quantitative estimate of drug-likeness (QED) is 0.584. The highest BCUT2D eigenvalue weighted by Gasteiger charge is 2.46. The van der Waals surface area contributed by atoms with E-state index in [0.717, 1.165) is 50.3 Å². The van der Waals surface area contributed by atoms with Gasteiger partial charge in [0, 0.05) is 51.4 Å². The molecule has 3 aliphatic heterocycles. The molecule has 3 aromatic carbocycles. The van der Waals surface area contributed by atoms with Crippen molar-refractivity contribution in [3.8, 4) is 0 Å². The molecule has 2 atom stereocenters. The van der Waals surface area contributed by atoms with Crippen molar-refractivity contribution < 1.29 is 14.0 Å². The van der Waals surface area contributed by atoms with E-state index in [2.05, 4.69) is 27.2 Å². The monoisotopic (exact) mass is 498 g/mol. The molecule has 1 saturated heterocycles. The molecule has 0 saturated carbocycles. The highest BCUT2D eigenvalue weighted by atomic mass is 19.1. The van der Waals surface area contributed by atoms with Gasteiger partial charge in [0.05, 0.1) is 17.6 Å². The number of piperazine rings is 1. The third-order valence-electron chi connectivity index (χ3n) is 8.01. The van der Waals surface area contributed by atoms with E-state index in [1.807, 2.05) is 53.4 Å². The van der Waals surface area contributed by atoms with Crippen LogP contribution in [0.3, 0.4) is 0 Å². The van der Waals surface area contributed by atoms with Crippen LogP contribution in [0.4, 0.5) is 10.1 Å². The van der Waals surface area contributed by atoms with Crippen LogP contribution in [0.5, 0.6) is 0 Å². The molecular formula is C30H31FN4O2. The second-order valence-electron chi connectivity index (χ2n) is 10.0. The standard InChI is InChI=1S/C30H31FN4O2/c31-25-11-5-6-12-26(25)34-19-17-33(18-20-34)16-14-32-29(36)27-23-9-3-4-10-24(23)30(37)35-15-13-21-7-1-2-8-22(21)28(27)35/h1-12,27-28H,13-20H2,(H,32,36)/t27-,28+/m1/s1. The van der Waals surface area contributed by atoms with Gasteiger partial charge in [-0.25, -0.2) is 4.39 Å². The minimum atomic E-state index is -0.451. The lowest BCUT2D eigenvalue weighted by atomic mass is 9.76. The average Bonchev–Trinajstić information content (AvgIpc) is 2.94. The summed E-state index contributed by atoms with van der Waals surface area (Å²) in [6.07, 6.45) is 0.799.